The minimum Gasteiger partial charge on any atom is -0.352 e. The van der Waals surface area contributed by atoms with Gasteiger partial charge in [0.25, 0.3) is 5.91 Å². The van der Waals surface area contributed by atoms with Gasteiger partial charge in [-0.15, -0.1) is 0 Å². The summed E-state index contributed by atoms with van der Waals surface area (Å²) in [5.41, 5.74) is 2.61. The average molecular weight is 221 g/mol. The molecule has 1 N–H and O–H groups in total. The smallest absolute Gasteiger partial charge is 0.255 e. The number of rotatable bonds is 0. The summed E-state index contributed by atoms with van der Waals surface area (Å²) < 4.78 is 1.97. The quantitative estimate of drug-likeness (QED) is 0.726. The van der Waals surface area contributed by atoms with Crippen LogP contribution in [0.25, 0.3) is 0 Å². The summed E-state index contributed by atoms with van der Waals surface area (Å²) in [7, 11) is 0. The van der Waals surface area contributed by atoms with Crippen molar-refractivity contribution in [3.8, 4) is 0 Å². The van der Waals surface area contributed by atoms with E-state index in [4.69, 9.17) is 0 Å². The first-order chi connectivity index (χ1) is 7.70. The van der Waals surface area contributed by atoms with Gasteiger partial charge in [0.15, 0.2) is 0 Å². The number of aryl methyl sites for hydroxylation is 2. The van der Waals surface area contributed by atoms with Gasteiger partial charge in [-0.1, -0.05) is 12.8 Å². The molecule has 2 rings (SSSR count). The fourth-order valence-corrected chi connectivity index (χ4v) is 2.27. The Labute approximate surface area is 96.0 Å². The predicted octanol–water partition coefficient (Wildman–Crippen LogP) is 1.80. The Bertz CT molecular complexity index is 395. The van der Waals surface area contributed by atoms with Gasteiger partial charge in [0.1, 0.15) is 0 Å². The SMILES string of the molecule is Cc1nn2c(C)c1C(=O)NCCCCCC2. The molecule has 1 aliphatic heterocycles. The molecule has 0 saturated heterocycles. The van der Waals surface area contributed by atoms with Crippen LogP contribution >= 0.6 is 0 Å². The average Bonchev–Trinajstić information content (AvgIpc) is 2.50. The summed E-state index contributed by atoms with van der Waals surface area (Å²) in [6, 6.07) is 0. The van der Waals surface area contributed by atoms with Gasteiger partial charge in [0.2, 0.25) is 0 Å². The molecule has 88 valence electrons. The standard InChI is InChI=1S/C12H19N3O/c1-9-11-10(2)15(14-9)8-6-4-3-5-7-13-12(11)16/h3-8H2,1-2H3,(H,13,16). The summed E-state index contributed by atoms with van der Waals surface area (Å²) in [6.45, 7) is 5.60. The Kier molecular flexibility index (Phi) is 3.27. The van der Waals surface area contributed by atoms with E-state index < -0.39 is 0 Å². The first-order valence-corrected chi connectivity index (χ1v) is 6.02. The van der Waals surface area contributed by atoms with E-state index in [1.165, 1.54) is 12.8 Å². The second kappa shape index (κ2) is 4.68. The minimum absolute atomic E-state index is 0.0307. The lowest BCUT2D eigenvalue weighted by Gasteiger charge is -2.04. The number of amides is 1. The maximum absolute atomic E-state index is 11.9. The molecule has 16 heavy (non-hydrogen) atoms. The third-order valence-corrected chi connectivity index (χ3v) is 3.19. The van der Waals surface area contributed by atoms with Crippen LogP contribution in [0.2, 0.25) is 0 Å². The molecule has 2 bridgehead atoms. The van der Waals surface area contributed by atoms with Gasteiger partial charge < -0.3 is 5.32 Å². The van der Waals surface area contributed by atoms with Gasteiger partial charge in [0.05, 0.1) is 11.3 Å². The Balaban J connectivity index is 2.32. The van der Waals surface area contributed by atoms with Crippen molar-refractivity contribution in [1.29, 1.82) is 0 Å². The van der Waals surface area contributed by atoms with Crippen LogP contribution < -0.4 is 5.32 Å². The number of hydrogen-bond donors (Lipinski definition) is 1. The van der Waals surface area contributed by atoms with E-state index in [9.17, 15) is 4.79 Å². The van der Waals surface area contributed by atoms with Crippen molar-refractivity contribution < 1.29 is 4.79 Å². The molecule has 4 nitrogen and oxygen atoms in total. The monoisotopic (exact) mass is 221 g/mol. The van der Waals surface area contributed by atoms with Crippen LogP contribution in [0, 0.1) is 13.8 Å². The summed E-state index contributed by atoms with van der Waals surface area (Å²) in [5, 5.41) is 7.40. The molecule has 0 aliphatic carbocycles. The van der Waals surface area contributed by atoms with Gasteiger partial charge >= 0.3 is 0 Å². The zero-order valence-corrected chi connectivity index (χ0v) is 10.0. The maximum Gasteiger partial charge on any atom is 0.255 e. The van der Waals surface area contributed by atoms with Crippen molar-refractivity contribution in [2.24, 2.45) is 0 Å². The first kappa shape index (κ1) is 11.2. The van der Waals surface area contributed by atoms with Crippen LogP contribution in [-0.4, -0.2) is 22.2 Å². The molecule has 1 aliphatic rings. The highest BCUT2D eigenvalue weighted by Crippen LogP contribution is 2.15. The van der Waals surface area contributed by atoms with Gasteiger partial charge in [-0.3, -0.25) is 9.48 Å². The maximum atomic E-state index is 11.9. The molecule has 4 heteroatoms. The van der Waals surface area contributed by atoms with E-state index in [1.807, 2.05) is 18.5 Å². The Morgan fingerprint density at radius 3 is 2.75 bits per heavy atom. The molecule has 0 radical (unpaired) electrons. The minimum atomic E-state index is 0.0307. The van der Waals surface area contributed by atoms with E-state index >= 15 is 0 Å². The number of nitrogens with one attached hydrogen (secondary N) is 1. The number of aromatic nitrogens is 2. The molecule has 1 aromatic rings. The zero-order valence-electron chi connectivity index (χ0n) is 10.0. The van der Waals surface area contributed by atoms with Crippen molar-refractivity contribution >= 4 is 5.91 Å². The van der Waals surface area contributed by atoms with E-state index in [-0.39, 0.29) is 5.91 Å². The zero-order chi connectivity index (χ0) is 11.5. The summed E-state index contributed by atoms with van der Waals surface area (Å²) in [6.07, 6.45) is 4.62. The van der Waals surface area contributed by atoms with Crippen LogP contribution in [0.5, 0.6) is 0 Å². The third kappa shape index (κ3) is 2.10. The second-order valence-corrected chi connectivity index (χ2v) is 4.44. The lowest BCUT2D eigenvalue weighted by molar-refractivity contribution is 0.0952. The topological polar surface area (TPSA) is 46.9 Å². The summed E-state index contributed by atoms with van der Waals surface area (Å²) in [4.78, 5) is 11.9. The van der Waals surface area contributed by atoms with E-state index in [1.54, 1.807) is 0 Å². The fourth-order valence-electron chi connectivity index (χ4n) is 2.27. The van der Waals surface area contributed by atoms with Crippen molar-refractivity contribution in [3.05, 3.63) is 17.0 Å². The molecule has 1 aromatic heterocycles. The van der Waals surface area contributed by atoms with Crippen LogP contribution in [0.15, 0.2) is 0 Å². The highest BCUT2D eigenvalue weighted by Gasteiger charge is 2.18. The summed E-state index contributed by atoms with van der Waals surface area (Å²) in [5.74, 6) is 0.0307. The highest BCUT2D eigenvalue weighted by molar-refractivity contribution is 5.96. The van der Waals surface area contributed by atoms with Crippen LogP contribution in [0.4, 0.5) is 0 Å². The van der Waals surface area contributed by atoms with Crippen LogP contribution in [0.1, 0.15) is 47.4 Å². The number of carbonyl (C=O) groups excluding carboxylic acids is 1. The molecular formula is C12H19N3O. The molecule has 0 spiro atoms. The molecule has 0 aromatic carbocycles. The Morgan fingerprint density at radius 1 is 1.19 bits per heavy atom. The number of hydrogen-bond acceptors (Lipinski definition) is 2. The van der Waals surface area contributed by atoms with Gasteiger partial charge in [-0.05, 0) is 26.7 Å². The Morgan fingerprint density at radius 2 is 1.94 bits per heavy atom. The van der Waals surface area contributed by atoms with Crippen LogP contribution in [-0.2, 0) is 6.54 Å². The molecule has 1 amide bonds. The van der Waals surface area contributed by atoms with Crippen molar-refractivity contribution in [3.63, 3.8) is 0 Å². The van der Waals surface area contributed by atoms with Crippen molar-refractivity contribution in [1.82, 2.24) is 15.1 Å². The molecular weight excluding hydrogens is 202 g/mol. The van der Waals surface area contributed by atoms with Gasteiger partial charge in [0, 0.05) is 18.8 Å². The van der Waals surface area contributed by atoms with E-state index in [0.29, 0.717) is 0 Å². The first-order valence-electron chi connectivity index (χ1n) is 6.02. The summed E-state index contributed by atoms with van der Waals surface area (Å²) >= 11 is 0. The molecule has 0 fully saturated rings. The molecule has 0 atom stereocenters. The highest BCUT2D eigenvalue weighted by atomic mass is 16.1. The second-order valence-electron chi connectivity index (χ2n) is 4.44. The van der Waals surface area contributed by atoms with E-state index in [2.05, 4.69) is 10.4 Å². The third-order valence-electron chi connectivity index (χ3n) is 3.19. The van der Waals surface area contributed by atoms with Gasteiger partial charge in [-0.2, -0.15) is 5.10 Å². The number of carbonyl (C=O) groups is 1. The Hall–Kier alpha value is -1.32. The lowest BCUT2D eigenvalue weighted by Crippen LogP contribution is -2.25. The largest absolute Gasteiger partial charge is 0.352 e. The van der Waals surface area contributed by atoms with Gasteiger partial charge in [-0.25, -0.2) is 0 Å². The molecule has 0 saturated carbocycles. The van der Waals surface area contributed by atoms with Crippen LogP contribution in [0.3, 0.4) is 0 Å². The lowest BCUT2D eigenvalue weighted by atomic mass is 10.2. The number of nitrogens with zero attached hydrogens (tertiary/aromatic N) is 2. The predicted molar refractivity (Wildman–Crippen MR) is 62.5 cm³/mol. The molecule has 0 unspecified atom stereocenters. The normalized spacial score (nSPS) is 17.8. The fraction of sp³-hybridized carbons (Fsp3) is 0.667. The molecule has 2 heterocycles. The van der Waals surface area contributed by atoms with Crippen molar-refractivity contribution in [2.45, 2.75) is 46.1 Å². The van der Waals surface area contributed by atoms with E-state index in [0.717, 1.165) is 42.9 Å². The number of fused-ring (bicyclic) bond motifs is 2. The van der Waals surface area contributed by atoms with Crippen molar-refractivity contribution in [2.75, 3.05) is 6.54 Å².